The van der Waals surface area contributed by atoms with Gasteiger partial charge in [-0.1, -0.05) is 13.8 Å². The second kappa shape index (κ2) is 4.42. The normalized spacial score (nSPS) is 16.1. The molecule has 0 aromatic rings. The van der Waals surface area contributed by atoms with E-state index in [9.17, 15) is 4.79 Å². The molecule has 0 aliphatic carbocycles. The molecule has 0 bridgehead atoms. The SMILES string of the molecule is COCC(OC)(C(=O)O)C(C)C. The van der Waals surface area contributed by atoms with E-state index < -0.39 is 11.6 Å². The zero-order valence-corrected chi connectivity index (χ0v) is 7.96. The molecule has 1 atom stereocenters. The number of methoxy groups -OCH3 is 2. The number of ether oxygens (including phenoxy) is 2. The first-order valence-electron chi connectivity index (χ1n) is 3.78. The second-order valence-corrected chi connectivity index (χ2v) is 2.99. The van der Waals surface area contributed by atoms with E-state index in [4.69, 9.17) is 14.6 Å². The molecule has 12 heavy (non-hydrogen) atoms. The highest BCUT2D eigenvalue weighted by Crippen LogP contribution is 2.21. The molecule has 4 heteroatoms. The third-order valence-corrected chi connectivity index (χ3v) is 2.02. The molecule has 0 saturated heterocycles. The molecule has 0 heterocycles. The average Bonchev–Trinajstić information content (AvgIpc) is 1.98. The summed E-state index contributed by atoms with van der Waals surface area (Å²) < 4.78 is 9.79. The molecule has 0 amide bonds. The molecule has 1 unspecified atom stereocenters. The number of hydrogen-bond donors (Lipinski definition) is 1. The lowest BCUT2D eigenvalue weighted by Gasteiger charge is -2.30. The van der Waals surface area contributed by atoms with Crippen molar-refractivity contribution in [1.82, 2.24) is 0 Å². The lowest BCUT2D eigenvalue weighted by molar-refractivity contribution is -0.176. The van der Waals surface area contributed by atoms with Gasteiger partial charge in [-0.2, -0.15) is 0 Å². The Labute approximate surface area is 72.5 Å². The van der Waals surface area contributed by atoms with Crippen molar-refractivity contribution in [2.24, 2.45) is 5.92 Å². The van der Waals surface area contributed by atoms with Gasteiger partial charge in [0, 0.05) is 14.2 Å². The van der Waals surface area contributed by atoms with E-state index in [1.54, 1.807) is 13.8 Å². The first-order chi connectivity index (χ1) is 5.51. The zero-order chi connectivity index (χ0) is 9.78. The molecule has 1 N–H and O–H groups in total. The molecule has 72 valence electrons. The Morgan fingerprint density at radius 2 is 2.00 bits per heavy atom. The molecular weight excluding hydrogens is 160 g/mol. The summed E-state index contributed by atoms with van der Waals surface area (Å²) in [5.74, 6) is -1.11. The van der Waals surface area contributed by atoms with Crippen LogP contribution >= 0.6 is 0 Å². The molecule has 0 radical (unpaired) electrons. The summed E-state index contributed by atoms with van der Waals surface area (Å²) in [6.07, 6.45) is 0. The number of carbonyl (C=O) groups is 1. The van der Waals surface area contributed by atoms with Gasteiger partial charge in [-0.05, 0) is 5.92 Å². The van der Waals surface area contributed by atoms with Crippen molar-refractivity contribution in [3.8, 4) is 0 Å². The Morgan fingerprint density at radius 3 is 2.08 bits per heavy atom. The molecule has 0 aliphatic rings. The van der Waals surface area contributed by atoms with E-state index in [1.807, 2.05) is 0 Å². The largest absolute Gasteiger partial charge is 0.479 e. The maximum Gasteiger partial charge on any atom is 0.338 e. The fourth-order valence-corrected chi connectivity index (χ4v) is 1.07. The van der Waals surface area contributed by atoms with E-state index in [0.717, 1.165) is 0 Å². The predicted molar refractivity (Wildman–Crippen MR) is 44.1 cm³/mol. The summed E-state index contributed by atoms with van der Waals surface area (Å²) >= 11 is 0. The quantitative estimate of drug-likeness (QED) is 0.671. The minimum Gasteiger partial charge on any atom is -0.479 e. The number of aliphatic carboxylic acids is 1. The van der Waals surface area contributed by atoms with E-state index in [0.29, 0.717) is 0 Å². The number of rotatable bonds is 5. The van der Waals surface area contributed by atoms with Gasteiger partial charge in [-0.3, -0.25) is 0 Å². The standard InChI is InChI=1S/C8H16O4/c1-6(2)8(12-4,5-11-3)7(9)10/h6H,5H2,1-4H3,(H,9,10). The van der Waals surface area contributed by atoms with Crippen LogP contribution in [0.2, 0.25) is 0 Å². The third kappa shape index (κ3) is 1.95. The van der Waals surface area contributed by atoms with Gasteiger partial charge in [0.1, 0.15) is 0 Å². The Bertz CT molecular complexity index is 155. The van der Waals surface area contributed by atoms with Crippen LogP contribution in [-0.4, -0.2) is 37.5 Å². The van der Waals surface area contributed by atoms with E-state index >= 15 is 0 Å². The third-order valence-electron chi connectivity index (χ3n) is 2.02. The van der Waals surface area contributed by atoms with Crippen LogP contribution in [0, 0.1) is 5.92 Å². The lowest BCUT2D eigenvalue weighted by Crippen LogP contribution is -2.49. The van der Waals surface area contributed by atoms with Crippen molar-refractivity contribution in [2.75, 3.05) is 20.8 Å². The van der Waals surface area contributed by atoms with Crippen molar-refractivity contribution in [3.63, 3.8) is 0 Å². The van der Waals surface area contributed by atoms with Gasteiger partial charge in [-0.25, -0.2) is 4.79 Å². The van der Waals surface area contributed by atoms with Gasteiger partial charge in [0.25, 0.3) is 0 Å². The van der Waals surface area contributed by atoms with Crippen LogP contribution in [0.25, 0.3) is 0 Å². The van der Waals surface area contributed by atoms with Gasteiger partial charge in [-0.15, -0.1) is 0 Å². The van der Waals surface area contributed by atoms with Gasteiger partial charge in [0.15, 0.2) is 5.60 Å². The van der Waals surface area contributed by atoms with Gasteiger partial charge in [0.05, 0.1) is 6.61 Å². The maximum absolute atomic E-state index is 10.9. The Kier molecular flexibility index (Phi) is 4.20. The maximum atomic E-state index is 10.9. The van der Waals surface area contributed by atoms with Crippen molar-refractivity contribution < 1.29 is 19.4 Å². The van der Waals surface area contributed by atoms with E-state index in [-0.39, 0.29) is 12.5 Å². The second-order valence-electron chi connectivity index (χ2n) is 2.99. The topological polar surface area (TPSA) is 55.8 Å². The zero-order valence-electron chi connectivity index (χ0n) is 7.96. The monoisotopic (exact) mass is 176 g/mol. The minimum absolute atomic E-state index is 0.0660. The lowest BCUT2D eigenvalue weighted by atomic mass is 9.91. The summed E-state index contributed by atoms with van der Waals surface area (Å²) in [4.78, 5) is 10.9. The fraction of sp³-hybridized carbons (Fsp3) is 0.875. The van der Waals surface area contributed by atoms with Crippen LogP contribution < -0.4 is 0 Å². The fourth-order valence-electron chi connectivity index (χ4n) is 1.07. The van der Waals surface area contributed by atoms with E-state index in [2.05, 4.69) is 0 Å². The van der Waals surface area contributed by atoms with Crippen LogP contribution in [0.3, 0.4) is 0 Å². The van der Waals surface area contributed by atoms with Crippen LogP contribution in [0.15, 0.2) is 0 Å². The van der Waals surface area contributed by atoms with Gasteiger partial charge in [0.2, 0.25) is 0 Å². The minimum atomic E-state index is -1.21. The van der Waals surface area contributed by atoms with Crippen molar-refractivity contribution in [1.29, 1.82) is 0 Å². The number of carboxylic acids is 1. The predicted octanol–water partition coefficient (Wildman–Crippen LogP) is 0.759. The molecule has 0 saturated carbocycles. The highest BCUT2D eigenvalue weighted by Gasteiger charge is 2.42. The molecular formula is C8H16O4. The van der Waals surface area contributed by atoms with Crippen LogP contribution in [0.5, 0.6) is 0 Å². The summed E-state index contributed by atoms with van der Waals surface area (Å²) in [7, 11) is 2.84. The Hall–Kier alpha value is -0.610. The van der Waals surface area contributed by atoms with Crippen molar-refractivity contribution in [2.45, 2.75) is 19.4 Å². The van der Waals surface area contributed by atoms with Crippen molar-refractivity contribution in [3.05, 3.63) is 0 Å². The Balaban J connectivity index is 4.63. The smallest absolute Gasteiger partial charge is 0.338 e. The van der Waals surface area contributed by atoms with Gasteiger partial charge >= 0.3 is 5.97 Å². The summed E-state index contributed by atoms with van der Waals surface area (Å²) in [6.45, 7) is 3.64. The first kappa shape index (κ1) is 11.4. The first-order valence-corrected chi connectivity index (χ1v) is 3.78. The summed E-state index contributed by atoms with van der Waals surface area (Å²) in [5.41, 5.74) is -1.21. The number of carboxylic acid groups (broad SMARTS) is 1. The molecule has 0 aliphatic heterocycles. The van der Waals surface area contributed by atoms with Crippen molar-refractivity contribution >= 4 is 5.97 Å². The van der Waals surface area contributed by atoms with E-state index in [1.165, 1.54) is 14.2 Å². The highest BCUT2D eigenvalue weighted by atomic mass is 16.6. The number of hydrogen-bond acceptors (Lipinski definition) is 3. The van der Waals surface area contributed by atoms with Crippen LogP contribution in [0.1, 0.15) is 13.8 Å². The molecule has 4 nitrogen and oxygen atoms in total. The summed E-state index contributed by atoms with van der Waals surface area (Å²) in [6, 6.07) is 0. The summed E-state index contributed by atoms with van der Waals surface area (Å²) in [5, 5.41) is 8.92. The van der Waals surface area contributed by atoms with Gasteiger partial charge < -0.3 is 14.6 Å². The molecule has 0 aromatic carbocycles. The molecule has 0 spiro atoms. The highest BCUT2D eigenvalue weighted by molar-refractivity contribution is 5.78. The molecule has 0 rings (SSSR count). The van der Waals surface area contributed by atoms with Crippen LogP contribution in [0.4, 0.5) is 0 Å². The Morgan fingerprint density at radius 1 is 1.50 bits per heavy atom. The molecule has 0 fully saturated rings. The average molecular weight is 176 g/mol. The molecule has 0 aromatic heterocycles. The van der Waals surface area contributed by atoms with Crippen LogP contribution in [-0.2, 0) is 14.3 Å².